The molecular formula is C22H28N10O. The maximum absolute atomic E-state index is 12.7. The van der Waals surface area contributed by atoms with E-state index in [2.05, 4.69) is 44.3 Å². The highest BCUT2D eigenvalue weighted by atomic mass is 16.2. The number of nitrogens with zero attached hydrogens (tertiary/aromatic N) is 9. The van der Waals surface area contributed by atoms with Crippen molar-refractivity contribution >= 4 is 28.8 Å². The average molecular weight is 449 g/mol. The summed E-state index contributed by atoms with van der Waals surface area (Å²) in [5.41, 5.74) is 3.53. The standard InChI is InChI=1S/C22H28N10O/c1-7-23-22(33)19-18(25-15-10-11-17(24-14(15)5)31(8-2)9-3)21-26-20(29-32(21)28-19)16-12-13(4)30(6)27-16/h10-12H,7-9H2,1-6H3,(H,23,33). The van der Waals surface area contributed by atoms with E-state index in [0.717, 1.165) is 30.3 Å². The van der Waals surface area contributed by atoms with Crippen LogP contribution in [0.1, 0.15) is 38.0 Å². The highest BCUT2D eigenvalue weighted by molar-refractivity contribution is 6.70. The molecule has 0 radical (unpaired) electrons. The van der Waals surface area contributed by atoms with E-state index >= 15 is 0 Å². The first kappa shape index (κ1) is 22.3. The number of carbonyl (C=O) groups is 1. The lowest BCUT2D eigenvalue weighted by Gasteiger charge is -2.20. The molecule has 1 N–H and O–H groups in total. The van der Waals surface area contributed by atoms with Crippen molar-refractivity contribution in [2.24, 2.45) is 17.1 Å². The second-order valence-electron chi connectivity index (χ2n) is 7.66. The van der Waals surface area contributed by atoms with Crippen molar-refractivity contribution in [1.82, 2.24) is 35.0 Å². The van der Waals surface area contributed by atoms with Crippen molar-refractivity contribution in [3.05, 3.63) is 35.4 Å². The molecule has 0 atom stereocenters. The largest absolute Gasteiger partial charge is 0.357 e. The van der Waals surface area contributed by atoms with Crippen LogP contribution in [0.25, 0.3) is 11.5 Å². The van der Waals surface area contributed by atoms with Gasteiger partial charge in [0, 0.05) is 32.4 Å². The number of rotatable bonds is 7. The SMILES string of the molecule is CCNC(=O)C1=Nn2nc(-c3cc(C)n(C)n3)nc2C1=Nc1ccc(N(CC)CC)nc1C. The number of aryl methyl sites for hydroxylation is 3. The Bertz CT molecular complexity index is 1240. The Labute approximate surface area is 192 Å². The van der Waals surface area contributed by atoms with Gasteiger partial charge < -0.3 is 10.2 Å². The molecule has 4 rings (SSSR count). The Morgan fingerprint density at radius 2 is 1.88 bits per heavy atom. The number of aromatic nitrogens is 6. The van der Waals surface area contributed by atoms with Crippen LogP contribution < -0.4 is 10.2 Å². The van der Waals surface area contributed by atoms with Crippen LogP contribution in [-0.4, -0.2) is 66.6 Å². The average Bonchev–Trinajstić information content (AvgIpc) is 3.44. The van der Waals surface area contributed by atoms with Crippen LogP contribution in [0.15, 0.2) is 28.3 Å². The van der Waals surface area contributed by atoms with Gasteiger partial charge in [0.25, 0.3) is 5.91 Å². The quantitative estimate of drug-likeness (QED) is 0.591. The summed E-state index contributed by atoms with van der Waals surface area (Å²) in [5.74, 6) is 1.37. The number of hydrogen-bond donors (Lipinski definition) is 1. The zero-order chi connectivity index (χ0) is 23.7. The predicted octanol–water partition coefficient (Wildman–Crippen LogP) is 2.01. The molecule has 11 heteroatoms. The van der Waals surface area contributed by atoms with Gasteiger partial charge in [-0.2, -0.15) is 5.10 Å². The van der Waals surface area contributed by atoms with Gasteiger partial charge >= 0.3 is 0 Å². The summed E-state index contributed by atoms with van der Waals surface area (Å²) < 4.78 is 1.76. The number of amides is 1. The number of fused-ring (bicyclic) bond motifs is 1. The normalized spacial score (nSPS) is 13.9. The number of hydrogen-bond acceptors (Lipinski definition) is 8. The summed E-state index contributed by atoms with van der Waals surface area (Å²) in [6, 6.07) is 5.74. The molecule has 172 valence electrons. The summed E-state index contributed by atoms with van der Waals surface area (Å²) >= 11 is 0. The van der Waals surface area contributed by atoms with Crippen LogP contribution in [0.5, 0.6) is 0 Å². The first-order chi connectivity index (χ1) is 15.9. The monoisotopic (exact) mass is 448 g/mol. The Kier molecular flexibility index (Phi) is 6.03. The molecule has 0 aromatic carbocycles. The van der Waals surface area contributed by atoms with Crippen LogP contribution in [0.2, 0.25) is 0 Å². The molecule has 0 saturated heterocycles. The van der Waals surface area contributed by atoms with Gasteiger partial charge in [-0.1, -0.05) is 0 Å². The van der Waals surface area contributed by atoms with E-state index in [1.165, 1.54) is 4.79 Å². The van der Waals surface area contributed by atoms with Gasteiger partial charge in [-0.05, 0) is 52.8 Å². The van der Waals surface area contributed by atoms with Crippen molar-refractivity contribution in [2.75, 3.05) is 24.5 Å². The maximum atomic E-state index is 12.7. The molecule has 0 bridgehead atoms. The van der Waals surface area contributed by atoms with Crippen LogP contribution in [0, 0.1) is 13.8 Å². The summed E-state index contributed by atoms with van der Waals surface area (Å²) in [7, 11) is 1.86. The molecule has 33 heavy (non-hydrogen) atoms. The van der Waals surface area contributed by atoms with Crippen molar-refractivity contribution < 1.29 is 4.79 Å². The molecule has 3 aromatic heterocycles. The lowest BCUT2D eigenvalue weighted by atomic mass is 10.2. The molecule has 3 aromatic rings. The third kappa shape index (κ3) is 4.13. The second-order valence-corrected chi connectivity index (χ2v) is 7.66. The van der Waals surface area contributed by atoms with Gasteiger partial charge in [-0.15, -0.1) is 15.0 Å². The molecule has 0 saturated carbocycles. The fraction of sp³-hybridized carbons (Fsp3) is 0.409. The third-order valence-corrected chi connectivity index (χ3v) is 5.48. The molecule has 1 aliphatic heterocycles. The van der Waals surface area contributed by atoms with Crippen molar-refractivity contribution in [3.8, 4) is 11.5 Å². The highest BCUT2D eigenvalue weighted by Crippen LogP contribution is 2.25. The second kappa shape index (κ2) is 8.93. The molecule has 0 fully saturated rings. The van der Waals surface area contributed by atoms with E-state index < -0.39 is 0 Å². The number of aliphatic imine (C=N–C) groups is 1. The van der Waals surface area contributed by atoms with Crippen LogP contribution >= 0.6 is 0 Å². The zero-order valence-electron chi connectivity index (χ0n) is 19.8. The molecular weight excluding hydrogens is 420 g/mol. The third-order valence-electron chi connectivity index (χ3n) is 5.48. The van der Waals surface area contributed by atoms with E-state index in [1.54, 1.807) is 4.68 Å². The molecule has 11 nitrogen and oxygen atoms in total. The lowest BCUT2D eigenvalue weighted by Crippen LogP contribution is -2.34. The van der Waals surface area contributed by atoms with Gasteiger partial charge in [0.2, 0.25) is 11.6 Å². The van der Waals surface area contributed by atoms with Crippen molar-refractivity contribution in [2.45, 2.75) is 34.6 Å². The van der Waals surface area contributed by atoms with Gasteiger partial charge in [0.05, 0.1) is 11.4 Å². The molecule has 1 amide bonds. The van der Waals surface area contributed by atoms with Crippen LogP contribution in [0.3, 0.4) is 0 Å². The number of pyridine rings is 1. The lowest BCUT2D eigenvalue weighted by molar-refractivity contribution is -0.114. The number of anilines is 1. The Morgan fingerprint density at radius 1 is 1.12 bits per heavy atom. The van der Waals surface area contributed by atoms with Crippen molar-refractivity contribution in [3.63, 3.8) is 0 Å². The Balaban J connectivity index is 1.78. The van der Waals surface area contributed by atoms with Gasteiger partial charge in [-0.3, -0.25) is 9.48 Å². The fourth-order valence-electron chi connectivity index (χ4n) is 3.55. The fourth-order valence-corrected chi connectivity index (χ4v) is 3.55. The van der Waals surface area contributed by atoms with E-state index in [1.807, 2.05) is 46.0 Å². The smallest absolute Gasteiger partial charge is 0.274 e. The predicted molar refractivity (Wildman–Crippen MR) is 127 cm³/mol. The Hall–Kier alpha value is -3.89. The minimum atomic E-state index is -0.329. The van der Waals surface area contributed by atoms with E-state index in [9.17, 15) is 4.79 Å². The minimum Gasteiger partial charge on any atom is -0.357 e. The van der Waals surface area contributed by atoms with E-state index in [4.69, 9.17) is 9.98 Å². The first-order valence-electron chi connectivity index (χ1n) is 11.0. The van der Waals surface area contributed by atoms with E-state index in [-0.39, 0.29) is 11.6 Å². The molecule has 0 spiro atoms. The first-order valence-corrected chi connectivity index (χ1v) is 11.0. The zero-order valence-corrected chi connectivity index (χ0v) is 19.8. The molecule has 0 aliphatic carbocycles. The molecule has 1 aliphatic rings. The van der Waals surface area contributed by atoms with Gasteiger partial charge in [0.1, 0.15) is 17.2 Å². The maximum Gasteiger partial charge on any atom is 0.274 e. The van der Waals surface area contributed by atoms with Crippen LogP contribution in [0.4, 0.5) is 11.5 Å². The topological polar surface area (TPSA) is 118 Å². The Morgan fingerprint density at radius 3 is 2.48 bits per heavy atom. The van der Waals surface area contributed by atoms with Gasteiger partial charge in [0.15, 0.2) is 5.71 Å². The van der Waals surface area contributed by atoms with Crippen LogP contribution in [-0.2, 0) is 11.8 Å². The summed E-state index contributed by atoms with van der Waals surface area (Å²) in [6.07, 6.45) is 0. The summed E-state index contributed by atoms with van der Waals surface area (Å²) in [4.78, 5) is 30.3. The summed E-state index contributed by atoms with van der Waals surface area (Å²) in [5, 5.41) is 16.0. The van der Waals surface area contributed by atoms with Crippen molar-refractivity contribution in [1.29, 1.82) is 0 Å². The minimum absolute atomic E-state index is 0.169. The van der Waals surface area contributed by atoms with Gasteiger partial charge in [-0.25, -0.2) is 15.0 Å². The van der Waals surface area contributed by atoms with E-state index in [0.29, 0.717) is 35.3 Å². The molecule has 4 heterocycles. The summed E-state index contributed by atoms with van der Waals surface area (Å²) in [6.45, 7) is 12.1. The number of nitrogens with one attached hydrogen (secondary N) is 1. The highest BCUT2D eigenvalue weighted by Gasteiger charge is 2.32. The molecule has 0 unspecified atom stereocenters. The number of carbonyl (C=O) groups excluding carboxylic acids is 1.